The number of hydrogen-bond acceptors (Lipinski definition) is 4. The summed E-state index contributed by atoms with van der Waals surface area (Å²) in [6, 6.07) is 7.15. The van der Waals surface area contributed by atoms with E-state index in [1.54, 1.807) is 17.4 Å². The van der Waals surface area contributed by atoms with Crippen LogP contribution in [0.2, 0.25) is 0 Å². The number of benzene rings is 1. The first-order chi connectivity index (χ1) is 12.0. The van der Waals surface area contributed by atoms with Crippen molar-refractivity contribution in [2.45, 2.75) is 32.9 Å². The molecule has 1 amide bonds. The lowest BCUT2D eigenvalue weighted by Gasteiger charge is -2.26. The van der Waals surface area contributed by atoms with Crippen LogP contribution in [0.15, 0.2) is 54.3 Å². The molecule has 3 rings (SSSR count). The number of carbonyl (C=O) groups excluding carboxylic acids is 2. The molecule has 0 aliphatic carbocycles. The largest absolute Gasteiger partial charge is 0.503 e. The van der Waals surface area contributed by atoms with E-state index in [4.69, 9.17) is 0 Å². The summed E-state index contributed by atoms with van der Waals surface area (Å²) in [6.45, 7) is 4.51. The molecule has 1 aromatic heterocycles. The van der Waals surface area contributed by atoms with Gasteiger partial charge in [-0.1, -0.05) is 29.8 Å². The third-order valence-electron chi connectivity index (χ3n) is 4.45. The van der Waals surface area contributed by atoms with Crippen LogP contribution in [0.3, 0.4) is 0 Å². The van der Waals surface area contributed by atoms with E-state index < -0.39 is 17.7 Å². The molecule has 130 valence electrons. The third kappa shape index (κ3) is 3.33. The van der Waals surface area contributed by atoms with Gasteiger partial charge < -0.3 is 14.6 Å². The number of hydrogen-bond donors (Lipinski definition) is 1. The van der Waals surface area contributed by atoms with Gasteiger partial charge in [0.25, 0.3) is 5.91 Å². The van der Waals surface area contributed by atoms with Crippen molar-refractivity contribution in [2.24, 2.45) is 0 Å². The predicted octanol–water partition coefficient (Wildman–Crippen LogP) is 2.57. The molecule has 0 spiro atoms. The summed E-state index contributed by atoms with van der Waals surface area (Å²) in [5.41, 5.74) is 2.10. The van der Waals surface area contributed by atoms with E-state index in [-0.39, 0.29) is 11.4 Å². The Morgan fingerprint density at radius 2 is 1.96 bits per heavy atom. The number of Topliss-reactive ketones (excluding diaryl/α,β-unsaturated/α-hetero) is 1. The molecule has 1 N–H and O–H groups in total. The normalized spacial score (nSPS) is 17.4. The van der Waals surface area contributed by atoms with Crippen LogP contribution < -0.4 is 0 Å². The van der Waals surface area contributed by atoms with Crippen molar-refractivity contribution in [2.75, 3.05) is 6.54 Å². The summed E-state index contributed by atoms with van der Waals surface area (Å²) in [5.74, 6) is -1.20. The van der Waals surface area contributed by atoms with E-state index in [0.29, 0.717) is 19.5 Å². The maximum Gasteiger partial charge on any atom is 0.290 e. The Morgan fingerprint density at radius 3 is 2.56 bits per heavy atom. The zero-order valence-electron chi connectivity index (χ0n) is 14.3. The first kappa shape index (κ1) is 17.0. The molecule has 0 saturated heterocycles. The standard InChI is InChI=1S/C19H21N3O3/c1-13-4-6-15(7-5-13)17-16(14(2)23)18(24)19(25)22(17)10-3-9-21-11-8-20-12-21/h4-8,11-12,17,24H,3,9-10H2,1-2H3/t17-/m1/s1. The van der Waals surface area contributed by atoms with Gasteiger partial charge in [0, 0.05) is 25.5 Å². The fourth-order valence-corrected chi connectivity index (χ4v) is 3.18. The van der Waals surface area contributed by atoms with Gasteiger partial charge in [0.05, 0.1) is 17.9 Å². The van der Waals surface area contributed by atoms with Gasteiger partial charge in [-0.2, -0.15) is 0 Å². The Hall–Kier alpha value is -2.89. The number of imidazole rings is 1. The second-order valence-electron chi connectivity index (χ2n) is 6.28. The smallest absolute Gasteiger partial charge is 0.290 e. The van der Waals surface area contributed by atoms with Gasteiger partial charge >= 0.3 is 0 Å². The van der Waals surface area contributed by atoms with Crippen LogP contribution >= 0.6 is 0 Å². The van der Waals surface area contributed by atoms with Gasteiger partial charge in [0.15, 0.2) is 11.5 Å². The number of aromatic nitrogens is 2. The van der Waals surface area contributed by atoms with Crippen LogP contribution in [0.25, 0.3) is 0 Å². The lowest BCUT2D eigenvalue weighted by molar-refractivity contribution is -0.129. The molecule has 0 radical (unpaired) electrons. The van der Waals surface area contributed by atoms with Gasteiger partial charge in [-0.25, -0.2) is 4.98 Å². The van der Waals surface area contributed by atoms with Gasteiger partial charge in [-0.3, -0.25) is 9.59 Å². The molecule has 2 heterocycles. The Labute approximate surface area is 146 Å². The molecule has 0 fully saturated rings. The first-order valence-electron chi connectivity index (χ1n) is 8.26. The summed E-state index contributed by atoms with van der Waals surface area (Å²) in [4.78, 5) is 30.1. The van der Waals surface area contributed by atoms with Crippen molar-refractivity contribution in [3.63, 3.8) is 0 Å². The molecule has 25 heavy (non-hydrogen) atoms. The summed E-state index contributed by atoms with van der Waals surface area (Å²) in [5, 5.41) is 10.2. The lowest BCUT2D eigenvalue weighted by atomic mass is 9.96. The van der Waals surface area contributed by atoms with Crippen molar-refractivity contribution in [3.05, 3.63) is 65.4 Å². The Balaban J connectivity index is 1.85. The number of rotatable bonds is 6. The number of aliphatic hydroxyl groups excluding tert-OH is 1. The Kier molecular flexibility index (Phi) is 4.70. The minimum absolute atomic E-state index is 0.177. The highest BCUT2D eigenvalue weighted by Crippen LogP contribution is 2.37. The number of nitrogens with zero attached hydrogens (tertiary/aromatic N) is 3. The predicted molar refractivity (Wildman–Crippen MR) is 92.8 cm³/mol. The third-order valence-corrected chi connectivity index (χ3v) is 4.45. The second kappa shape index (κ2) is 6.93. The highest BCUT2D eigenvalue weighted by atomic mass is 16.3. The summed E-state index contributed by atoms with van der Waals surface area (Å²) < 4.78 is 1.93. The van der Waals surface area contributed by atoms with Gasteiger partial charge in [0.1, 0.15) is 0 Å². The minimum Gasteiger partial charge on any atom is -0.503 e. The van der Waals surface area contributed by atoms with Crippen molar-refractivity contribution in [1.29, 1.82) is 0 Å². The molecule has 1 atom stereocenters. The van der Waals surface area contributed by atoms with E-state index in [1.807, 2.05) is 42.0 Å². The van der Waals surface area contributed by atoms with Crippen LogP contribution in [0.4, 0.5) is 0 Å². The quantitative estimate of drug-likeness (QED) is 0.878. The molecule has 2 aromatic rings. The Morgan fingerprint density at radius 1 is 1.24 bits per heavy atom. The van der Waals surface area contributed by atoms with Gasteiger partial charge in [0.2, 0.25) is 0 Å². The van der Waals surface area contributed by atoms with Gasteiger partial charge in [-0.15, -0.1) is 0 Å². The van der Waals surface area contributed by atoms with E-state index >= 15 is 0 Å². The molecule has 0 unspecified atom stereocenters. The van der Waals surface area contributed by atoms with Crippen molar-refractivity contribution >= 4 is 11.7 Å². The van der Waals surface area contributed by atoms with Crippen LogP contribution in [0, 0.1) is 6.92 Å². The van der Waals surface area contributed by atoms with E-state index in [0.717, 1.165) is 11.1 Å². The summed E-state index contributed by atoms with van der Waals surface area (Å²) in [6.07, 6.45) is 5.99. The van der Waals surface area contributed by atoms with E-state index in [2.05, 4.69) is 4.98 Å². The molecular weight excluding hydrogens is 318 g/mol. The molecule has 1 aromatic carbocycles. The van der Waals surface area contributed by atoms with Gasteiger partial charge in [-0.05, 0) is 25.8 Å². The van der Waals surface area contributed by atoms with Crippen molar-refractivity contribution < 1.29 is 14.7 Å². The molecule has 1 aliphatic heterocycles. The first-order valence-corrected chi connectivity index (χ1v) is 8.26. The minimum atomic E-state index is -0.534. The maximum absolute atomic E-state index is 12.5. The number of aliphatic hydroxyl groups is 1. The Bertz CT molecular complexity index is 807. The number of aryl methyl sites for hydroxylation is 2. The van der Waals surface area contributed by atoms with Crippen LogP contribution in [0.1, 0.15) is 30.5 Å². The van der Waals surface area contributed by atoms with Crippen LogP contribution in [0.5, 0.6) is 0 Å². The summed E-state index contributed by atoms with van der Waals surface area (Å²) in [7, 11) is 0. The van der Waals surface area contributed by atoms with E-state index in [1.165, 1.54) is 6.92 Å². The monoisotopic (exact) mass is 339 g/mol. The SMILES string of the molecule is CC(=O)C1=C(O)C(=O)N(CCCn2ccnc2)[C@@H]1c1ccc(C)cc1. The molecule has 0 bridgehead atoms. The molecule has 0 saturated carbocycles. The van der Waals surface area contributed by atoms with Crippen LogP contribution in [-0.4, -0.2) is 37.8 Å². The van der Waals surface area contributed by atoms with Crippen molar-refractivity contribution in [3.8, 4) is 0 Å². The molecular formula is C19H21N3O3. The van der Waals surface area contributed by atoms with E-state index in [9.17, 15) is 14.7 Å². The molecule has 6 nitrogen and oxygen atoms in total. The average Bonchev–Trinajstić information content (AvgIpc) is 3.17. The molecule has 1 aliphatic rings. The van der Waals surface area contributed by atoms with Crippen molar-refractivity contribution in [1.82, 2.24) is 14.5 Å². The topological polar surface area (TPSA) is 75.4 Å². The number of ketones is 1. The maximum atomic E-state index is 12.5. The second-order valence-corrected chi connectivity index (χ2v) is 6.28. The highest BCUT2D eigenvalue weighted by Gasteiger charge is 2.41. The summed E-state index contributed by atoms with van der Waals surface area (Å²) >= 11 is 0. The fraction of sp³-hybridized carbons (Fsp3) is 0.316. The number of carbonyl (C=O) groups is 2. The molecule has 6 heteroatoms. The zero-order valence-corrected chi connectivity index (χ0v) is 14.3. The highest BCUT2D eigenvalue weighted by molar-refractivity contribution is 6.08. The number of amides is 1. The average molecular weight is 339 g/mol. The van der Waals surface area contributed by atoms with Crippen LogP contribution in [-0.2, 0) is 16.1 Å². The zero-order chi connectivity index (χ0) is 18.0. The lowest BCUT2D eigenvalue weighted by Crippen LogP contribution is -2.32. The fourth-order valence-electron chi connectivity index (χ4n) is 3.18.